The van der Waals surface area contributed by atoms with Gasteiger partial charge in [0.2, 0.25) is 0 Å². The Morgan fingerprint density at radius 2 is 2.24 bits per heavy atom. The Hall–Kier alpha value is -1.33. The molecule has 0 aromatic carbocycles. The molecule has 0 aliphatic carbocycles. The number of halogens is 2. The number of nitrogens with one attached hydrogen (secondary N) is 1. The number of aryl methyl sites for hydroxylation is 1. The number of aromatic nitrogens is 3. The number of furan rings is 1. The summed E-state index contributed by atoms with van der Waals surface area (Å²) < 4.78 is 6.07. The minimum absolute atomic E-state index is 0.522. The van der Waals surface area contributed by atoms with Crippen LogP contribution in [-0.4, -0.2) is 15.0 Å². The van der Waals surface area contributed by atoms with Crippen molar-refractivity contribution in [2.24, 2.45) is 0 Å². The Kier molecular flexibility index (Phi) is 2.45. The molecular formula is C11H7BrClN3O. The van der Waals surface area contributed by atoms with Gasteiger partial charge in [0.1, 0.15) is 10.8 Å². The number of H-pyrrole nitrogens is 1. The molecule has 86 valence electrons. The van der Waals surface area contributed by atoms with E-state index in [4.69, 9.17) is 16.0 Å². The molecule has 0 aliphatic heterocycles. The van der Waals surface area contributed by atoms with Crippen LogP contribution in [0.4, 0.5) is 0 Å². The molecule has 0 saturated carbocycles. The van der Waals surface area contributed by atoms with E-state index in [1.807, 2.05) is 13.0 Å². The lowest BCUT2D eigenvalue weighted by atomic mass is 10.3. The lowest BCUT2D eigenvalue weighted by Crippen LogP contribution is -1.92. The zero-order valence-electron chi connectivity index (χ0n) is 8.79. The van der Waals surface area contributed by atoms with Gasteiger partial charge in [-0.15, -0.1) is 0 Å². The average Bonchev–Trinajstić information content (AvgIpc) is 2.88. The van der Waals surface area contributed by atoms with E-state index in [2.05, 4.69) is 30.9 Å². The SMILES string of the molecule is Cc1nc(-c2ccco2)nc2[nH]c(Cl)c(Br)c12. The molecule has 0 fully saturated rings. The van der Waals surface area contributed by atoms with Gasteiger partial charge in [0.05, 0.1) is 21.8 Å². The number of fused-ring (bicyclic) bond motifs is 1. The van der Waals surface area contributed by atoms with Crippen LogP contribution in [0.1, 0.15) is 5.69 Å². The summed E-state index contributed by atoms with van der Waals surface area (Å²) in [5.74, 6) is 1.18. The number of hydrogen-bond acceptors (Lipinski definition) is 3. The molecule has 0 radical (unpaired) electrons. The highest BCUT2D eigenvalue weighted by Crippen LogP contribution is 2.33. The Balaban J connectivity index is 2.32. The van der Waals surface area contributed by atoms with E-state index in [1.165, 1.54) is 0 Å². The van der Waals surface area contributed by atoms with E-state index in [1.54, 1.807) is 12.3 Å². The van der Waals surface area contributed by atoms with Crippen molar-refractivity contribution in [3.05, 3.63) is 33.7 Å². The van der Waals surface area contributed by atoms with E-state index >= 15 is 0 Å². The first kappa shape index (κ1) is 10.8. The molecule has 0 amide bonds. The first-order valence-corrected chi connectivity index (χ1v) is 6.09. The predicted molar refractivity (Wildman–Crippen MR) is 69.0 cm³/mol. The molecule has 1 N–H and O–H groups in total. The quantitative estimate of drug-likeness (QED) is 0.740. The second-order valence-corrected chi connectivity index (χ2v) is 4.76. The van der Waals surface area contributed by atoms with Gasteiger partial charge in [-0.25, -0.2) is 9.97 Å². The fraction of sp³-hybridized carbons (Fsp3) is 0.0909. The van der Waals surface area contributed by atoms with Gasteiger partial charge in [-0.2, -0.15) is 0 Å². The minimum atomic E-state index is 0.522. The van der Waals surface area contributed by atoms with Gasteiger partial charge >= 0.3 is 0 Å². The van der Waals surface area contributed by atoms with Crippen molar-refractivity contribution in [3.8, 4) is 11.6 Å². The highest BCUT2D eigenvalue weighted by atomic mass is 79.9. The molecule has 0 saturated heterocycles. The highest BCUT2D eigenvalue weighted by Gasteiger charge is 2.15. The van der Waals surface area contributed by atoms with Gasteiger partial charge in [-0.05, 0) is 35.0 Å². The summed E-state index contributed by atoms with van der Waals surface area (Å²) in [5, 5.41) is 1.42. The van der Waals surface area contributed by atoms with Crippen LogP contribution >= 0.6 is 27.5 Å². The van der Waals surface area contributed by atoms with E-state index in [-0.39, 0.29) is 0 Å². The molecule has 3 aromatic heterocycles. The van der Waals surface area contributed by atoms with Crippen LogP contribution in [0.25, 0.3) is 22.6 Å². The third-order valence-corrected chi connectivity index (χ3v) is 3.78. The summed E-state index contributed by atoms with van der Waals surface area (Å²) in [6.07, 6.45) is 1.59. The molecule has 0 aliphatic rings. The number of rotatable bonds is 1. The second kappa shape index (κ2) is 3.85. The van der Waals surface area contributed by atoms with Crippen molar-refractivity contribution in [2.45, 2.75) is 6.92 Å². The summed E-state index contributed by atoms with van der Waals surface area (Å²) in [6.45, 7) is 1.91. The molecule has 3 aromatic rings. The fourth-order valence-corrected chi connectivity index (χ4v) is 2.47. The van der Waals surface area contributed by atoms with Crippen LogP contribution in [-0.2, 0) is 0 Å². The molecule has 0 spiro atoms. The van der Waals surface area contributed by atoms with E-state index in [9.17, 15) is 0 Å². The maximum Gasteiger partial charge on any atom is 0.197 e. The Bertz CT molecular complexity index is 690. The van der Waals surface area contributed by atoms with E-state index in [0.29, 0.717) is 22.4 Å². The standard InChI is InChI=1S/C11H7BrClN3O/c1-5-7-8(12)9(13)15-11(7)16-10(14-5)6-3-2-4-17-6/h2-4H,1H3,(H,14,15,16). The zero-order valence-corrected chi connectivity index (χ0v) is 11.1. The largest absolute Gasteiger partial charge is 0.461 e. The molecule has 3 rings (SSSR count). The van der Waals surface area contributed by atoms with Crippen molar-refractivity contribution < 1.29 is 4.42 Å². The van der Waals surface area contributed by atoms with Gasteiger partial charge in [-0.1, -0.05) is 11.6 Å². The molecule has 0 unspecified atom stereocenters. The minimum Gasteiger partial charge on any atom is -0.461 e. The smallest absolute Gasteiger partial charge is 0.197 e. The van der Waals surface area contributed by atoms with Crippen LogP contribution in [0.2, 0.25) is 5.15 Å². The van der Waals surface area contributed by atoms with Gasteiger partial charge < -0.3 is 9.40 Å². The van der Waals surface area contributed by atoms with Gasteiger partial charge in [0, 0.05) is 0 Å². The third-order valence-electron chi connectivity index (χ3n) is 2.47. The Morgan fingerprint density at radius 3 is 2.94 bits per heavy atom. The lowest BCUT2D eigenvalue weighted by molar-refractivity contribution is 0.577. The van der Waals surface area contributed by atoms with Crippen LogP contribution in [0.15, 0.2) is 27.3 Å². The Morgan fingerprint density at radius 1 is 1.41 bits per heavy atom. The molecule has 0 bridgehead atoms. The first-order chi connectivity index (χ1) is 8.16. The molecular weight excluding hydrogens is 305 g/mol. The zero-order chi connectivity index (χ0) is 12.0. The van der Waals surface area contributed by atoms with Gasteiger partial charge in [-0.3, -0.25) is 0 Å². The van der Waals surface area contributed by atoms with Crippen molar-refractivity contribution in [1.82, 2.24) is 15.0 Å². The van der Waals surface area contributed by atoms with Crippen molar-refractivity contribution >= 4 is 38.6 Å². The summed E-state index contributed by atoms with van der Waals surface area (Å²) in [4.78, 5) is 11.8. The fourth-order valence-electron chi connectivity index (χ4n) is 1.71. The lowest BCUT2D eigenvalue weighted by Gasteiger charge is -1.99. The monoisotopic (exact) mass is 311 g/mol. The van der Waals surface area contributed by atoms with Gasteiger partial charge in [0.15, 0.2) is 11.6 Å². The van der Waals surface area contributed by atoms with E-state index in [0.717, 1.165) is 15.6 Å². The van der Waals surface area contributed by atoms with Crippen molar-refractivity contribution in [2.75, 3.05) is 0 Å². The molecule has 0 atom stereocenters. The maximum atomic E-state index is 6.01. The third kappa shape index (κ3) is 1.66. The summed E-state index contributed by atoms with van der Waals surface area (Å²) in [7, 11) is 0. The summed E-state index contributed by atoms with van der Waals surface area (Å²) in [5.41, 5.74) is 1.54. The summed E-state index contributed by atoms with van der Waals surface area (Å²) >= 11 is 9.42. The van der Waals surface area contributed by atoms with Crippen molar-refractivity contribution in [3.63, 3.8) is 0 Å². The second-order valence-electron chi connectivity index (χ2n) is 3.59. The number of aromatic amines is 1. The number of hydrogen-bond donors (Lipinski definition) is 1. The molecule has 4 nitrogen and oxygen atoms in total. The molecule has 3 heterocycles. The number of nitrogens with zero attached hydrogens (tertiary/aromatic N) is 2. The Labute approximate surface area is 110 Å². The van der Waals surface area contributed by atoms with Crippen molar-refractivity contribution in [1.29, 1.82) is 0 Å². The average molecular weight is 313 g/mol. The first-order valence-electron chi connectivity index (χ1n) is 4.92. The maximum absolute atomic E-state index is 6.01. The predicted octanol–water partition coefficient (Wildman–Crippen LogP) is 3.94. The van der Waals surface area contributed by atoms with Crippen LogP contribution in [0.3, 0.4) is 0 Å². The van der Waals surface area contributed by atoms with Gasteiger partial charge in [0.25, 0.3) is 0 Å². The highest BCUT2D eigenvalue weighted by molar-refractivity contribution is 9.10. The summed E-state index contributed by atoms with van der Waals surface area (Å²) in [6, 6.07) is 3.62. The van der Waals surface area contributed by atoms with Crippen LogP contribution in [0.5, 0.6) is 0 Å². The van der Waals surface area contributed by atoms with E-state index < -0.39 is 0 Å². The molecule has 6 heteroatoms. The topological polar surface area (TPSA) is 54.7 Å². The normalized spacial score (nSPS) is 11.2. The molecule has 17 heavy (non-hydrogen) atoms. The van der Waals surface area contributed by atoms with Crippen LogP contribution < -0.4 is 0 Å². The van der Waals surface area contributed by atoms with Crippen LogP contribution in [0, 0.1) is 6.92 Å².